The topological polar surface area (TPSA) is 153 Å². The van der Waals surface area contributed by atoms with Gasteiger partial charge < -0.3 is 20.1 Å². The highest BCUT2D eigenvalue weighted by atomic mass is 35.5. The number of carbonyl (C=O) groups is 3. The van der Waals surface area contributed by atoms with Gasteiger partial charge in [-0.25, -0.2) is 37.7 Å². The van der Waals surface area contributed by atoms with Crippen LogP contribution in [0.1, 0.15) is 38.8 Å². The van der Waals surface area contributed by atoms with E-state index in [1.54, 1.807) is 70.2 Å². The Hall–Kier alpha value is -6.08. The summed E-state index contributed by atoms with van der Waals surface area (Å²) in [7, 11) is 3.60. The fourth-order valence-electron chi connectivity index (χ4n) is 7.35. The number of hydrazine groups is 1. The molecule has 3 atom stereocenters. The molecule has 0 aliphatic heterocycles. The largest absolute Gasteiger partial charge is 0.447 e. The zero-order valence-corrected chi connectivity index (χ0v) is 39.2. The van der Waals surface area contributed by atoms with Crippen LogP contribution >= 0.6 is 23.2 Å². The smallest absolute Gasteiger partial charge is 0.412 e. The van der Waals surface area contributed by atoms with Gasteiger partial charge in [0.2, 0.25) is 5.91 Å². The summed E-state index contributed by atoms with van der Waals surface area (Å²) in [6, 6.07) is 19.6. The van der Waals surface area contributed by atoms with Crippen molar-refractivity contribution >= 4 is 74.4 Å². The van der Waals surface area contributed by atoms with Crippen molar-refractivity contribution in [3.05, 3.63) is 142 Å². The standard InChI is InChI=1S/C48H51Cl2F3N8O6/c1-29(48(3,4)65)42(28-67-61(44-21-36-19-38(52)17-15-32(36)23-55-44)46(63)56-24-33-11-9-13-41(53)45(33)50)60(30(2)62)59(25-34-10-7-8-12-40(34)49)39(26-58(5)6)27-66-47(64)57-43-20-35-18-37(51)16-14-31(35)22-54-43/h7-23,29,39,42,65H,24-28H2,1-6H3,(H,56,63)(H,54,57,64)/t29?,39-,42+/m0/s1. The van der Waals surface area contributed by atoms with Crippen LogP contribution in [-0.4, -0.2) is 99.6 Å². The summed E-state index contributed by atoms with van der Waals surface area (Å²) < 4.78 is 48.7. The number of aromatic nitrogens is 2. The number of nitrogens with one attached hydrogen (secondary N) is 2. The number of ether oxygens (including phenoxy) is 1. The minimum Gasteiger partial charge on any atom is -0.447 e. The van der Waals surface area contributed by atoms with Crippen molar-refractivity contribution in [3.8, 4) is 0 Å². The van der Waals surface area contributed by atoms with Gasteiger partial charge in [0.15, 0.2) is 5.82 Å². The number of pyridine rings is 2. The van der Waals surface area contributed by atoms with Gasteiger partial charge in [-0.1, -0.05) is 60.5 Å². The van der Waals surface area contributed by atoms with E-state index in [1.807, 2.05) is 4.90 Å². The Labute approximate surface area is 396 Å². The van der Waals surface area contributed by atoms with Crippen LogP contribution in [0.2, 0.25) is 10.0 Å². The number of anilines is 2. The molecule has 0 saturated heterocycles. The molecule has 14 nitrogen and oxygen atoms in total. The second kappa shape index (κ2) is 22.1. The van der Waals surface area contributed by atoms with E-state index in [0.717, 1.165) is 5.06 Å². The molecule has 0 aliphatic carbocycles. The third-order valence-corrected chi connectivity index (χ3v) is 11.9. The van der Waals surface area contributed by atoms with Crippen molar-refractivity contribution in [2.45, 2.75) is 58.5 Å². The number of aliphatic hydroxyl groups is 1. The number of amides is 4. The van der Waals surface area contributed by atoms with Gasteiger partial charge in [0.05, 0.1) is 29.3 Å². The van der Waals surface area contributed by atoms with Crippen molar-refractivity contribution in [2.24, 2.45) is 5.92 Å². The molecule has 0 saturated carbocycles. The first-order valence-corrected chi connectivity index (χ1v) is 21.9. The van der Waals surface area contributed by atoms with E-state index >= 15 is 0 Å². The Morgan fingerprint density at radius 3 is 2.10 bits per heavy atom. The lowest BCUT2D eigenvalue weighted by Gasteiger charge is -2.48. The predicted octanol–water partition coefficient (Wildman–Crippen LogP) is 9.38. The second-order valence-corrected chi connectivity index (χ2v) is 17.5. The van der Waals surface area contributed by atoms with E-state index in [9.17, 15) is 32.7 Å². The zero-order chi connectivity index (χ0) is 48.6. The number of halogens is 5. The van der Waals surface area contributed by atoms with Gasteiger partial charge in [-0.05, 0) is 111 Å². The fraction of sp³-hybridized carbons (Fsp3) is 0.312. The van der Waals surface area contributed by atoms with Gasteiger partial charge in [-0.3, -0.25) is 20.0 Å². The molecule has 4 aromatic carbocycles. The molecule has 1 unspecified atom stereocenters. The number of rotatable bonds is 18. The van der Waals surface area contributed by atoms with E-state index in [4.69, 9.17) is 32.8 Å². The van der Waals surface area contributed by atoms with Crippen LogP contribution in [-0.2, 0) is 27.5 Å². The summed E-state index contributed by atoms with van der Waals surface area (Å²) in [5, 5.41) is 23.1. The molecule has 6 rings (SSSR count). The molecule has 6 aromatic rings. The Balaban J connectivity index is 1.37. The fourth-order valence-corrected chi connectivity index (χ4v) is 7.74. The van der Waals surface area contributed by atoms with E-state index < -0.39 is 65.7 Å². The summed E-state index contributed by atoms with van der Waals surface area (Å²) >= 11 is 13.0. The van der Waals surface area contributed by atoms with Crippen molar-refractivity contribution in [1.29, 1.82) is 0 Å². The van der Waals surface area contributed by atoms with Crippen LogP contribution in [0.5, 0.6) is 0 Å². The Morgan fingerprint density at radius 2 is 1.46 bits per heavy atom. The summed E-state index contributed by atoms with van der Waals surface area (Å²) in [5.74, 6) is -2.98. The van der Waals surface area contributed by atoms with Crippen LogP contribution in [0.15, 0.2) is 103 Å². The number of benzene rings is 4. The Morgan fingerprint density at radius 1 is 0.821 bits per heavy atom. The number of nitrogens with zero attached hydrogens (tertiary/aromatic N) is 6. The molecular weight excluding hydrogens is 912 g/mol. The number of hydroxylamine groups is 1. The van der Waals surface area contributed by atoms with Crippen LogP contribution in [0.3, 0.4) is 0 Å². The van der Waals surface area contributed by atoms with Crippen molar-refractivity contribution in [2.75, 3.05) is 44.2 Å². The number of fused-ring (bicyclic) bond motifs is 2. The SMILES string of the molecule is CC(=O)N([C@H](CON(C(=O)NCc1cccc(F)c1Cl)c1cc2cc(F)ccc2cn1)C(C)C(C)(C)O)N(Cc1ccccc1Cl)[C@H](COC(=O)Nc1cc2cc(F)ccc2cn1)CN(C)C. The molecule has 2 aromatic heterocycles. The van der Waals surface area contributed by atoms with E-state index in [-0.39, 0.29) is 48.5 Å². The highest BCUT2D eigenvalue weighted by molar-refractivity contribution is 6.31. The monoisotopic (exact) mass is 962 g/mol. The third kappa shape index (κ3) is 13.1. The third-order valence-electron chi connectivity index (χ3n) is 11.1. The molecule has 67 heavy (non-hydrogen) atoms. The first-order chi connectivity index (χ1) is 31.8. The first-order valence-electron chi connectivity index (χ1n) is 21.1. The number of hydrogen-bond acceptors (Lipinski definition) is 10. The van der Waals surface area contributed by atoms with Crippen LogP contribution in [0.25, 0.3) is 21.5 Å². The van der Waals surface area contributed by atoms with Gasteiger partial charge in [0.1, 0.15) is 29.9 Å². The van der Waals surface area contributed by atoms with E-state index in [2.05, 4.69) is 20.6 Å². The molecule has 2 heterocycles. The molecule has 0 fully saturated rings. The van der Waals surface area contributed by atoms with E-state index in [1.165, 1.54) is 85.0 Å². The molecule has 19 heteroatoms. The first kappa shape index (κ1) is 50.3. The highest BCUT2D eigenvalue weighted by Crippen LogP contribution is 2.31. The highest BCUT2D eigenvalue weighted by Gasteiger charge is 2.42. The summed E-state index contributed by atoms with van der Waals surface area (Å²) in [4.78, 5) is 58.9. The molecular formula is C48H51Cl2F3N8O6. The van der Waals surface area contributed by atoms with Crippen LogP contribution in [0.4, 0.5) is 34.4 Å². The van der Waals surface area contributed by atoms with Crippen molar-refractivity contribution in [1.82, 2.24) is 30.2 Å². The second-order valence-electron chi connectivity index (χ2n) is 16.8. The number of hydrogen-bond donors (Lipinski definition) is 3. The lowest BCUT2D eigenvalue weighted by Crippen LogP contribution is -2.63. The average molecular weight is 964 g/mol. The van der Waals surface area contributed by atoms with Crippen LogP contribution < -0.4 is 15.7 Å². The molecule has 4 amide bonds. The average Bonchev–Trinajstić information content (AvgIpc) is 3.27. The minimum absolute atomic E-state index is 0.0218. The lowest BCUT2D eigenvalue weighted by atomic mass is 9.86. The van der Waals surface area contributed by atoms with Gasteiger partial charge >= 0.3 is 12.1 Å². The number of likely N-dealkylation sites (N-methyl/N-ethyl adjacent to an activating group) is 1. The molecule has 0 spiro atoms. The van der Waals surface area contributed by atoms with Crippen molar-refractivity contribution < 1.29 is 42.2 Å². The summed E-state index contributed by atoms with van der Waals surface area (Å²) in [6.45, 7) is 5.33. The molecule has 354 valence electrons. The van der Waals surface area contributed by atoms with Gasteiger partial charge in [0.25, 0.3) is 0 Å². The van der Waals surface area contributed by atoms with Gasteiger partial charge in [-0.15, -0.1) is 0 Å². The zero-order valence-electron chi connectivity index (χ0n) is 37.6. The minimum atomic E-state index is -1.49. The number of carbonyl (C=O) groups excluding carboxylic acids is 3. The lowest BCUT2D eigenvalue weighted by molar-refractivity contribution is -0.181. The molecule has 0 bridgehead atoms. The van der Waals surface area contributed by atoms with Gasteiger partial charge in [-0.2, -0.15) is 5.06 Å². The maximum atomic E-state index is 14.5. The molecule has 0 aliphatic rings. The normalized spacial score (nSPS) is 13.1. The maximum Gasteiger partial charge on any atom is 0.412 e. The van der Waals surface area contributed by atoms with Crippen molar-refractivity contribution in [3.63, 3.8) is 0 Å². The molecule has 3 N–H and O–H groups in total. The quantitative estimate of drug-likeness (QED) is 0.0711. The van der Waals surface area contributed by atoms with Gasteiger partial charge in [0, 0.05) is 60.7 Å². The number of urea groups is 1. The van der Waals surface area contributed by atoms with E-state index in [0.29, 0.717) is 32.1 Å². The summed E-state index contributed by atoms with van der Waals surface area (Å²) in [6.07, 6.45) is 2.04. The van der Waals surface area contributed by atoms with Crippen LogP contribution in [0, 0.1) is 23.4 Å². The molecule has 0 radical (unpaired) electrons. The summed E-state index contributed by atoms with van der Waals surface area (Å²) in [5.41, 5.74) is -0.626. The predicted molar refractivity (Wildman–Crippen MR) is 252 cm³/mol. The Kier molecular flexibility index (Phi) is 16.6. The maximum absolute atomic E-state index is 14.5. The Bertz CT molecular complexity index is 2730.